The number of nitrogens with one attached hydrogen (secondary N) is 1. The van der Waals surface area contributed by atoms with Crippen molar-refractivity contribution in [2.45, 2.75) is 6.92 Å². The molecule has 2 aromatic carbocycles. The fourth-order valence-corrected chi connectivity index (χ4v) is 3.08. The molecule has 2 N–H and O–H groups in total. The molecule has 0 unspecified atom stereocenters. The van der Waals surface area contributed by atoms with Gasteiger partial charge in [0.25, 0.3) is 5.91 Å². The summed E-state index contributed by atoms with van der Waals surface area (Å²) in [4.78, 5) is 32.5. The fourth-order valence-electron chi connectivity index (χ4n) is 3.08. The number of fused-ring (bicyclic) bond motifs is 1. The smallest absolute Gasteiger partial charge is 0.336 e. The summed E-state index contributed by atoms with van der Waals surface area (Å²) in [5.41, 5.74) is 4.59. The summed E-state index contributed by atoms with van der Waals surface area (Å²) in [7, 11) is 0. The van der Waals surface area contributed by atoms with Crippen LogP contribution < -0.4 is 5.43 Å². The molecular formula is C21H15FN4O3. The highest BCUT2D eigenvalue weighted by Gasteiger charge is 2.16. The summed E-state index contributed by atoms with van der Waals surface area (Å²) in [6, 6.07) is 12.3. The van der Waals surface area contributed by atoms with E-state index in [1.165, 1.54) is 29.1 Å². The van der Waals surface area contributed by atoms with Crippen LogP contribution >= 0.6 is 0 Å². The summed E-state index contributed by atoms with van der Waals surface area (Å²) in [6.07, 6.45) is 2.96. The van der Waals surface area contributed by atoms with E-state index in [0.717, 1.165) is 0 Å². The molecule has 8 heteroatoms. The van der Waals surface area contributed by atoms with Crippen molar-refractivity contribution < 1.29 is 19.1 Å². The van der Waals surface area contributed by atoms with Crippen LogP contribution in [0.15, 0.2) is 60.9 Å². The van der Waals surface area contributed by atoms with Gasteiger partial charge in [0.05, 0.1) is 22.3 Å². The van der Waals surface area contributed by atoms with E-state index in [1.807, 2.05) is 0 Å². The number of carbonyl (C=O) groups is 2. The van der Waals surface area contributed by atoms with E-state index in [-0.39, 0.29) is 11.1 Å². The third-order valence-electron chi connectivity index (χ3n) is 4.49. The van der Waals surface area contributed by atoms with Gasteiger partial charge >= 0.3 is 5.97 Å². The third-order valence-corrected chi connectivity index (χ3v) is 4.49. The number of carbonyl (C=O) groups excluding carboxylic acids is 1. The van der Waals surface area contributed by atoms with Crippen molar-refractivity contribution in [2.75, 3.05) is 5.43 Å². The van der Waals surface area contributed by atoms with Gasteiger partial charge in [0.15, 0.2) is 5.82 Å². The van der Waals surface area contributed by atoms with Crippen LogP contribution in [0.2, 0.25) is 0 Å². The van der Waals surface area contributed by atoms with Crippen LogP contribution in [0, 0.1) is 12.7 Å². The number of aryl methyl sites for hydroxylation is 1. The van der Waals surface area contributed by atoms with E-state index in [0.29, 0.717) is 28.0 Å². The highest BCUT2D eigenvalue weighted by atomic mass is 19.1. The molecule has 7 nitrogen and oxygen atoms in total. The van der Waals surface area contributed by atoms with Gasteiger partial charge in [0.2, 0.25) is 0 Å². The summed E-state index contributed by atoms with van der Waals surface area (Å²) in [5.74, 6) is -1.58. The molecule has 0 aliphatic carbocycles. The topological polar surface area (TPSA) is 97.1 Å². The van der Waals surface area contributed by atoms with Crippen LogP contribution in [-0.2, 0) is 0 Å². The molecule has 0 atom stereocenters. The second kappa shape index (κ2) is 7.16. The summed E-state index contributed by atoms with van der Waals surface area (Å²) in [5, 5.41) is 9.80. The standard InChI is InChI=1S/C21H15FN4O3/c1-12-17(11-23-19(24-12)13-4-2-5-14(22)10-13)20(27)25-26-9-8-15-16(21(28)29)6-3-7-18(15)26/h2-11H,1H3,(H,25,27)(H,28,29). The first-order chi connectivity index (χ1) is 13.9. The van der Waals surface area contributed by atoms with E-state index in [4.69, 9.17) is 0 Å². The quantitative estimate of drug-likeness (QED) is 0.555. The van der Waals surface area contributed by atoms with Gasteiger partial charge in [-0.25, -0.2) is 19.2 Å². The van der Waals surface area contributed by atoms with Crippen LogP contribution in [0.3, 0.4) is 0 Å². The van der Waals surface area contributed by atoms with Crippen molar-refractivity contribution >= 4 is 22.8 Å². The number of benzene rings is 2. The highest BCUT2D eigenvalue weighted by molar-refractivity contribution is 6.05. The molecular weight excluding hydrogens is 375 g/mol. The SMILES string of the molecule is Cc1nc(-c2cccc(F)c2)ncc1C(=O)Nn1ccc2c(C(=O)O)cccc21. The number of nitrogens with zero attached hydrogens (tertiary/aromatic N) is 3. The monoisotopic (exact) mass is 390 g/mol. The molecule has 4 aromatic rings. The highest BCUT2D eigenvalue weighted by Crippen LogP contribution is 2.21. The van der Waals surface area contributed by atoms with Gasteiger partial charge in [-0.05, 0) is 37.3 Å². The Morgan fingerprint density at radius 1 is 1.10 bits per heavy atom. The minimum Gasteiger partial charge on any atom is -0.478 e. The number of carboxylic acids is 1. The molecule has 0 fully saturated rings. The van der Waals surface area contributed by atoms with Crippen molar-refractivity contribution in [1.29, 1.82) is 0 Å². The van der Waals surface area contributed by atoms with Crippen molar-refractivity contribution in [3.05, 3.63) is 83.6 Å². The first kappa shape index (κ1) is 18.3. The molecule has 2 heterocycles. The Hall–Kier alpha value is -4.07. The van der Waals surface area contributed by atoms with Crippen LogP contribution in [-0.4, -0.2) is 31.6 Å². The molecule has 2 aromatic heterocycles. The Bertz CT molecular complexity index is 1270. The van der Waals surface area contributed by atoms with Crippen LogP contribution in [0.25, 0.3) is 22.3 Å². The van der Waals surface area contributed by atoms with Gasteiger partial charge in [0.1, 0.15) is 5.82 Å². The maximum absolute atomic E-state index is 13.4. The number of rotatable bonds is 4. The maximum atomic E-state index is 13.4. The van der Waals surface area contributed by atoms with Crippen molar-refractivity contribution in [3.8, 4) is 11.4 Å². The molecule has 144 valence electrons. The van der Waals surface area contributed by atoms with Crippen molar-refractivity contribution in [3.63, 3.8) is 0 Å². The normalized spacial score (nSPS) is 10.8. The number of carboxylic acid groups (broad SMARTS) is 1. The zero-order valence-electron chi connectivity index (χ0n) is 15.3. The second-order valence-electron chi connectivity index (χ2n) is 6.37. The van der Waals surface area contributed by atoms with Crippen molar-refractivity contribution in [2.24, 2.45) is 0 Å². The predicted molar refractivity (Wildman–Crippen MR) is 105 cm³/mol. The Balaban J connectivity index is 1.63. The minimum absolute atomic E-state index is 0.148. The van der Waals surface area contributed by atoms with E-state index >= 15 is 0 Å². The van der Waals surface area contributed by atoms with Crippen LogP contribution in [0.4, 0.5) is 4.39 Å². The molecule has 0 spiro atoms. The molecule has 1 amide bonds. The van der Waals surface area contributed by atoms with Gasteiger partial charge in [-0.2, -0.15) is 0 Å². The maximum Gasteiger partial charge on any atom is 0.336 e. The van der Waals surface area contributed by atoms with E-state index in [2.05, 4.69) is 15.4 Å². The molecule has 29 heavy (non-hydrogen) atoms. The Morgan fingerprint density at radius 2 is 1.90 bits per heavy atom. The van der Waals surface area contributed by atoms with Crippen molar-refractivity contribution in [1.82, 2.24) is 14.6 Å². The van der Waals surface area contributed by atoms with Gasteiger partial charge in [-0.3, -0.25) is 14.9 Å². The molecule has 0 bridgehead atoms. The van der Waals surface area contributed by atoms with E-state index in [9.17, 15) is 19.1 Å². The van der Waals surface area contributed by atoms with Crippen LogP contribution in [0.1, 0.15) is 26.4 Å². The Morgan fingerprint density at radius 3 is 2.62 bits per heavy atom. The predicted octanol–water partition coefficient (Wildman–Crippen LogP) is 3.63. The minimum atomic E-state index is -1.04. The lowest BCUT2D eigenvalue weighted by molar-refractivity contribution is 0.0699. The number of amides is 1. The van der Waals surface area contributed by atoms with Crippen LogP contribution in [0.5, 0.6) is 0 Å². The second-order valence-corrected chi connectivity index (χ2v) is 6.37. The fraction of sp³-hybridized carbons (Fsp3) is 0.0476. The van der Waals surface area contributed by atoms with Gasteiger partial charge in [-0.1, -0.05) is 18.2 Å². The average Bonchev–Trinajstić information content (AvgIpc) is 3.10. The molecule has 0 saturated carbocycles. The van der Waals surface area contributed by atoms with Gasteiger partial charge in [-0.15, -0.1) is 0 Å². The summed E-state index contributed by atoms with van der Waals surface area (Å²) >= 11 is 0. The molecule has 0 aliphatic heterocycles. The first-order valence-corrected chi connectivity index (χ1v) is 8.68. The van der Waals surface area contributed by atoms with E-state index in [1.54, 1.807) is 43.5 Å². The lowest BCUT2D eigenvalue weighted by Crippen LogP contribution is -2.23. The number of hydrogen-bond donors (Lipinski definition) is 2. The van der Waals surface area contributed by atoms with Gasteiger partial charge < -0.3 is 5.11 Å². The first-order valence-electron chi connectivity index (χ1n) is 8.68. The zero-order chi connectivity index (χ0) is 20.5. The molecule has 4 rings (SSSR count). The Labute approximate surface area is 164 Å². The lowest BCUT2D eigenvalue weighted by atomic mass is 10.1. The summed E-state index contributed by atoms with van der Waals surface area (Å²) in [6.45, 7) is 1.66. The molecule has 0 aliphatic rings. The molecule has 0 radical (unpaired) electrons. The zero-order valence-corrected chi connectivity index (χ0v) is 15.3. The number of aromatic carboxylic acids is 1. The third kappa shape index (κ3) is 3.43. The molecule has 0 saturated heterocycles. The lowest BCUT2D eigenvalue weighted by Gasteiger charge is -2.10. The number of halogens is 1. The Kier molecular flexibility index (Phi) is 4.52. The number of hydrogen-bond acceptors (Lipinski definition) is 4. The number of aromatic nitrogens is 3. The summed E-state index contributed by atoms with van der Waals surface area (Å²) < 4.78 is 14.9. The van der Waals surface area contributed by atoms with Gasteiger partial charge in [0, 0.05) is 23.3 Å². The van der Waals surface area contributed by atoms with E-state index < -0.39 is 17.7 Å². The average molecular weight is 390 g/mol. The largest absolute Gasteiger partial charge is 0.478 e.